The molecule has 0 radical (unpaired) electrons. The van der Waals surface area contributed by atoms with Crippen LogP contribution in [0.4, 0.5) is 0 Å². The Morgan fingerprint density at radius 3 is 2.95 bits per heavy atom. The molecule has 3 rings (SSSR count). The van der Waals surface area contributed by atoms with Crippen LogP contribution in [0, 0.1) is 12.8 Å². The van der Waals surface area contributed by atoms with Crippen molar-refractivity contribution in [1.82, 2.24) is 5.32 Å². The van der Waals surface area contributed by atoms with Gasteiger partial charge in [0.05, 0.1) is 0 Å². The zero-order valence-corrected chi connectivity index (χ0v) is 14.3. The van der Waals surface area contributed by atoms with E-state index < -0.39 is 0 Å². The van der Waals surface area contributed by atoms with E-state index in [0.717, 1.165) is 40.3 Å². The quantitative estimate of drug-likeness (QED) is 0.871. The Labute approximate surface area is 138 Å². The molecule has 1 aromatic heterocycles. The normalized spacial score (nSPS) is 22.0. The van der Waals surface area contributed by atoms with Gasteiger partial charge in [-0.15, -0.1) is 0 Å². The molecule has 0 aliphatic heterocycles. The number of carbonyl (C=O) groups excluding carboxylic acids is 1. The van der Waals surface area contributed by atoms with E-state index in [1.165, 1.54) is 6.42 Å². The van der Waals surface area contributed by atoms with Gasteiger partial charge in [-0.25, -0.2) is 0 Å². The van der Waals surface area contributed by atoms with Gasteiger partial charge >= 0.3 is 0 Å². The minimum Gasteiger partial charge on any atom is -0.451 e. The van der Waals surface area contributed by atoms with Crippen LogP contribution in [0.2, 0.25) is 0 Å². The fourth-order valence-electron chi connectivity index (χ4n) is 3.32. The van der Waals surface area contributed by atoms with Crippen LogP contribution in [0.3, 0.4) is 0 Å². The van der Waals surface area contributed by atoms with Crippen molar-refractivity contribution in [1.29, 1.82) is 0 Å². The molecule has 0 saturated heterocycles. The van der Waals surface area contributed by atoms with Crippen LogP contribution in [-0.4, -0.2) is 18.5 Å². The van der Waals surface area contributed by atoms with Crippen LogP contribution in [0.1, 0.15) is 41.8 Å². The van der Waals surface area contributed by atoms with Crippen molar-refractivity contribution in [3.8, 4) is 0 Å². The fourth-order valence-corrected chi connectivity index (χ4v) is 3.68. The van der Waals surface area contributed by atoms with E-state index in [9.17, 15) is 4.79 Å². The molecule has 2 atom stereocenters. The molecular formula is C17H21BrN2O2. The van der Waals surface area contributed by atoms with Gasteiger partial charge in [0, 0.05) is 21.5 Å². The van der Waals surface area contributed by atoms with Crippen LogP contribution in [0.25, 0.3) is 11.0 Å². The molecule has 1 heterocycles. The Balaban J connectivity index is 1.84. The van der Waals surface area contributed by atoms with Gasteiger partial charge in [0.2, 0.25) is 0 Å². The summed E-state index contributed by atoms with van der Waals surface area (Å²) in [4.78, 5) is 12.6. The first kappa shape index (κ1) is 15.6. The molecule has 5 heteroatoms. The van der Waals surface area contributed by atoms with Crippen molar-refractivity contribution in [2.45, 2.75) is 38.6 Å². The zero-order valence-electron chi connectivity index (χ0n) is 12.7. The minimum atomic E-state index is -0.129. The third-order valence-electron chi connectivity index (χ3n) is 4.63. The van der Waals surface area contributed by atoms with Crippen molar-refractivity contribution in [2.24, 2.45) is 11.7 Å². The molecular weight excluding hydrogens is 344 g/mol. The second-order valence-electron chi connectivity index (χ2n) is 6.06. The number of amides is 1. The number of carbonyl (C=O) groups is 1. The van der Waals surface area contributed by atoms with E-state index in [1.54, 1.807) is 0 Å². The highest BCUT2D eigenvalue weighted by atomic mass is 79.9. The van der Waals surface area contributed by atoms with Crippen molar-refractivity contribution in [2.75, 3.05) is 6.54 Å². The average molecular weight is 365 g/mol. The summed E-state index contributed by atoms with van der Waals surface area (Å²) in [6.07, 6.45) is 4.44. The number of nitrogens with one attached hydrogen (secondary N) is 1. The van der Waals surface area contributed by atoms with Crippen molar-refractivity contribution in [3.05, 3.63) is 34.0 Å². The Hall–Kier alpha value is -1.33. The van der Waals surface area contributed by atoms with Gasteiger partial charge in [-0.05, 0) is 50.4 Å². The van der Waals surface area contributed by atoms with Crippen LogP contribution < -0.4 is 11.1 Å². The maximum atomic E-state index is 12.6. The van der Waals surface area contributed by atoms with Crippen LogP contribution in [0.5, 0.6) is 0 Å². The summed E-state index contributed by atoms with van der Waals surface area (Å²) in [5.41, 5.74) is 7.46. The Morgan fingerprint density at radius 2 is 2.18 bits per heavy atom. The van der Waals surface area contributed by atoms with E-state index in [0.29, 0.717) is 18.2 Å². The monoisotopic (exact) mass is 364 g/mol. The van der Waals surface area contributed by atoms with E-state index in [-0.39, 0.29) is 11.9 Å². The molecule has 2 aromatic rings. The second kappa shape index (κ2) is 6.42. The van der Waals surface area contributed by atoms with Crippen LogP contribution >= 0.6 is 15.9 Å². The number of rotatable bonds is 3. The van der Waals surface area contributed by atoms with Crippen molar-refractivity contribution < 1.29 is 9.21 Å². The van der Waals surface area contributed by atoms with Gasteiger partial charge in [-0.1, -0.05) is 28.8 Å². The molecule has 0 spiro atoms. The number of halogens is 1. The van der Waals surface area contributed by atoms with Crippen molar-refractivity contribution >= 4 is 32.8 Å². The minimum absolute atomic E-state index is 0.129. The van der Waals surface area contributed by atoms with E-state index in [1.807, 2.05) is 25.1 Å². The topological polar surface area (TPSA) is 68.3 Å². The summed E-state index contributed by atoms with van der Waals surface area (Å²) in [7, 11) is 0. The van der Waals surface area contributed by atoms with Gasteiger partial charge in [-0.3, -0.25) is 4.79 Å². The van der Waals surface area contributed by atoms with Gasteiger partial charge in [0.15, 0.2) is 5.76 Å². The number of hydrogen-bond donors (Lipinski definition) is 2. The number of benzene rings is 1. The van der Waals surface area contributed by atoms with E-state index in [4.69, 9.17) is 10.2 Å². The predicted octanol–water partition coefficient (Wildman–Crippen LogP) is 3.75. The van der Waals surface area contributed by atoms with E-state index >= 15 is 0 Å². The van der Waals surface area contributed by atoms with Gasteiger partial charge in [0.25, 0.3) is 5.91 Å². The largest absolute Gasteiger partial charge is 0.451 e. The number of nitrogens with two attached hydrogens (primary N) is 1. The van der Waals surface area contributed by atoms with Crippen LogP contribution in [0.15, 0.2) is 27.1 Å². The lowest BCUT2D eigenvalue weighted by Gasteiger charge is -2.31. The molecule has 3 N–H and O–H groups in total. The highest BCUT2D eigenvalue weighted by Crippen LogP contribution is 2.29. The summed E-state index contributed by atoms with van der Waals surface area (Å²) in [5, 5.41) is 4.10. The molecule has 118 valence electrons. The molecule has 1 saturated carbocycles. The SMILES string of the molecule is Cc1c(C(=O)NC2CCCCC2CN)oc2ccc(Br)cc12. The van der Waals surface area contributed by atoms with Crippen molar-refractivity contribution in [3.63, 3.8) is 0 Å². The third kappa shape index (κ3) is 2.92. The summed E-state index contributed by atoms with van der Waals surface area (Å²) in [5.74, 6) is 0.654. The maximum Gasteiger partial charge on any atom is 0.287 e. The Bertz CT molecular complexity index is 695. The Kier molecular flexibility index (Phi) is 4.54. The first-order valence-corrected chi connectivity index (χ1v) is 8.59. The number of fused-ring (bicyclic) bond motifs is 1. The smallest absolute Gasteiger partial charge is 0.287 e. The van der Waals surface area contributed by atoms with E-state index in [2.05, 4.69) is 21.2 Å². The highest BCUT2D eigenvalue weighted by molar-refractivity contribution is 9.10. The number of aryl methyl sites for hydroxylation is 1. The lowest BCUT2D eigenvalue weighted by Crippen LogP contribution is -2.44. The summed E-state index contributed by atoms with van der Waals surface area (Å²) >= 11 is 3.45. The molecule has 1 aromatic carbocycles. The third-order valence-corrected chi connectivity index (χ3v) is 5.13. The molecule has 1 aliphatic rings. The number of hydrogen-bond acceptors (Lipinski definition) is 3. The molecule has 0 bridgehead atoms. The van der Waals surface area contributed by atoms with Gasteiger partial charge < -0.3 is 15.5 Å². The molecule has 1 amide bonds. The number of furan rings is 1. The average Bonchev–Trinajstić information content (AvgIpc) is 2.85. The first-order chi connectivity index (χ1) is 10.6. The summed E-state index contributed by atoms with van der Waals surface area (Å²) in [6.45, 7) is 2.55. The summed E-state index contributed by atoms with van der Waals surface area (Å²) < 4.78 is 6.74. The molecule has 22 heavy (non-hydrogen) atoms. The van der Waals surface area contributed by atoms with Crippen LogP contribution in [-0.2, 0) is 0 Å². The lowest BCUT2D eigenvalue weighted by molar-refractivity contribution is 0.0881. The zero-order chi connectivity index (χ0) is 15.7. The molecule has 1 aliphatic carbocycles. The fraction of sp³-hybridized carbons (Fsp3) is 0.471. The summed E-state index contributed by atoms with van der Waals surface area (Å²) in [6, 6.07) is 5.94. The predicted molar refractivity (Wildman–Crippen MR) is 90.9 cm³/mol. The maximum absolute atomic E-state index is 12.6. The molecule has 4 nitrogen and oxygen atoms in total. The highest BCUT2D eigenvalue weighted by Gasteiger charge is 2.27. The standard InChI is InChI=1S/C17H21BrN2O2/c1-10-13-8-12(18)6-7-15(13)22-16(10)17(21)20-14-5-3-2-4-11(14)9-19/h6-8,11,14H,2-5,9,19H2,1H3,(H,20,21). The second-order valence-corrected chi connectivity index (χ2v) is 6.97. The first-order valence-electron chi connectivity index (χ1n) is 7.79. The lowest BCUT2D eigenvalue weighted by atomic mass is 9.84. The molecule has 2 unspecified atom stereocenters. The van der Waals surface area contributed by atoms with Gasteiger partial charge in [0.1, 0.15) is 5.58 Å². The molecule has 1 fully saturated rings. The Morgan fingerprint density at radius 1 is 1.41 bits per heavy atom. The van der Waals surface area contributed by atoms with Gasteiger partial charge in [-0.2, -0.15) is 0 Å².